The van der Waals surface area contributed by atoms with E-state index in [0.717, 1.165) is 15.7 Å². The van der Waals surface area contributed by atoms with E-state index in [0.29, 0.717) is 22.6 Å². The topological polar surface area (TPSA) is 106 Å². The van der Waals surface area contributed by atoms with Crippen LogP contribution in [0, 0.1) is 6.92 Å². The van der Waals surface area contributed by atoms with Crippen LogP contribution in [0.2, 0.25) is 0 Å². The number of carbonyl (C=O) groups excluding carboxylic acids is 1. The molecular formula is C14H14N6O2S2. The fraction of sp³-hybridized carbons (Fsp3) is 0.214. The zero-order chi connectivity index (χ0) is 16.9. The van der Waals surface area contributed by atoms with Gasteiger partial charge in [0.05, 0.1) is 5.75 Å². The lowest BCUT2D eigenvalue weighted by molar-refractivity contribution is -0.114. The summed E-state index contributed by atoms with van der Waals surface area (Å²) >= 11 is 2.92. The van der Waals surface area contributed by atoms with Gasteiger partial charge in [0.25, 0.3) is 0 Å². The van der Waals surface area contributed by atoms with E-state index in [-0.39, 0.29) is 5.91 Å². The summed E-state index contributed by atoms with van der Waals surface area (Å²) in [6, 6.07) is 7.39. The van der Waals surface area contributed by atoms with Crippen LogP contribution in [0.5, 0.6) is 0 Å². The molecule has 0 aliphatic heterocycles. The lowest BCUT2D eigenvalue weighted by Gasteiger charge is -2.05. The number of hydrogen-bond donors (Lipinski definition) is 2. The van der Waals surface area contributed by atoms with Gasteiger partial charge in [-0.2, -0.15) is 4.98 Å². The molecule has 1 aromatic carbocycles. The predicted octanol–water partition coefficient (Wildman–Crippen LogP) is 3.22. The average molecular weight is 362 g/mol. The number of rotatable bonds is 6. The largest absolute Gasteiger partial charge is 0.340 e. The number of hydrogen-bond acceptors (Lipinski definition) is 9. The predicted molar refractivity (Wildman–Crippen MR) is 92.5 cm³/mol. The Kier molecular flexibility index (Phi) is 5.06. The average Bonchev–Trinajstić information content (AvgIpc) is 3.14. The summed E-state index contributed by atoms with van der Waals surface area (Å²) in [5.74, 6) is 1.64. The smallest absolute Gasteiger partial charge is 0.223 e. The Balaban J connectivity index is 1.60. The van der Waals surface area contributed by atoms with Crippen LogP contribution < -0.4 is 10.6 Å². The monoisotopic (exact) mass is 362 g/mol. The number of carbonyl (C=O) groups is 1. The third kappa shape index (κ3) is 4.52. The van der Waals surface area contributed by atoms with Gasteiger partial charge in [0.2, 0.25) is 16.9 Å². The van der Waals surface area contributed by atoms with Crippen LogP contribution in [0.15, 0.2) is 33.1 Å². The second-order valence-corrected chi connectivity index (χ2v) is 6.98. The minimum Gasteiger partial charge on any atom is -0.340 e. The lowest BCUT2D eigenvalue weighted by atomic mass is 10.3. The van der Waals surface area contributed by atoms with Crippen molar-refractivity contribution in [2.24, 2.45) is 0 Å². The Bertz CT molecular complexity index is 847. The number of nitrogens with zero attached hydrogens (tertiary/aromatic N) is 4. The van der Waals surface area contributed by atoms with Crippen LogP contribution in [0.4, 0.5) is 16.5 Å². The number of nitrogens with one attached hydrogen (secondary N) is 2. The van der Waals surface area contributed by atoms with Crippen LogP contribution in [0.25, 0.3) is 0 Å². The number of anilines is 3. The molecule has 2 N–H and O–H groups in total. The summed E-state index contributed by atoms with van der Waals surface area (Å²) < 4.78 is 5.73. The highest BCUT2D eigenvalue weighted by atomic mass is 32.2. The van der Waals surface area contributed by atoms with Crippen molar-refractivity contribution in [2.45, 2.75) is 23.9 Å². The fourth-order valence-corrected chi connectivity index (χ4v) is 3.46. The number of benzene rings is 1. The molecule has 0 unspecified atom stereocenters. The summed E-state index contributed by atoms with van der Waals surface area (Å²) in [6.45, 7) is 3.22. The first kappa shape index (κ1) is 16.4. The van der Waals surface area contributed by atoms with Crippen LogP contribution in [0.3, 0.4) is 0 Å². The van der Waals surface area contributed by atoms with Gasteiger partial charge in [-0.15, -0.1) is 10.2 Å². The summed E-state index contributed by atoms with van der Waals surface area (Å²) in [6.07, 6.45) is 0. The molecule has 0 aliphatic carbocycles. The maximum absolute atomic E-state index is 11.1. The number of aromatic nitrogens is 4. The van der Waals surface area contributed by atoms with Crippen molar-refractivity contribution in [1.29, 1.82) is 0 Å². The van der Waals surface area contributed by atoms with Gasteiger partial charge < -0.3 is 15.2 Å². The second kappa shape index (κ2) is 7.41. The third-order valence-electron chi connectivity index (χ3n) is 2.74. The van der Waals surface area contributed by atoms with E-state index in [1.54, 1.807) is 6.92 Å². The van der Waals surface area contributed by atoms with Gasteiger partial charge in [-0.05, 0) is 18.2 Å². The first-order valence-corrected chi connectivity index (χ1v) is 8.79. The molecule has 2 heterocycles. The SMILES string of the molecule is CC(=O)Nc1cccc(Nc2nnc(SCc3noc(C)n3)s2)c1. The Labute approximate surface area is 146 Å². The zero-order valence-electron chi connectivity index (χ0n) is 12.9. The summed E-state index contributed by atoms with van der Waals surface area (Å²) in [4.78, 5) is 15.2. The maximum atomic E-state index is 11.1. The number of amides is 1. The Hall–Kier alpha value is -2.46. The van der Waals surface area contributed by atoms with E-state index < -0.39 is 0 Å². The highest BCUT2D eigenvalue weighted by molar-refractivity contribution is 8.00. The summed E-state index contributed by atoms with van der Waals surface area (Å²) in [5, 5.41) is 18.6. The molecule has 0 fully saturated rings. The second-order valence-electron chi connectivity index (χ2n) is 4.78. The molecule has 0 radical (unpaired) electrons. The highest BCUT2D eigenvalue weighted by Crippen LogP contribution is 2.29. The quantitative estimate of drug-likeness (QED) is 0.644. The van der Waals surface area contributed by atoms with Crippen LogP contribution >= 0.6 is 23.1 Å². The molecule has 2 aromatic heterocycles. The third-order valence-corrected chi connectivity index (χ3v) is 4.70. The van der Waals surface area contributed by atoms with Crippen molar-refractivity contribution in [1.82, 2.24) is 20.3 Å². The molecule has 0 bridgehead atoms. The van der Waals surface area contributed by atoms with Crippen molar-refractivity contribution >= 4 is 45.5 Å². The molecule has 124 valence electrons. The van der Waals surface area contributed by atoms with Gasteiger partial charge >= 0.3 is 0 Å². The summed E-state index contributed by atoms with van der Waals surface area (Å²) in [5.41, 5.74) is 1.54. The van der Waals surface area contributed by atoms with Crippen LogP contribution in [-0.4, -0.2) is 26.2 Å². The van der Waals surface area contributed by atoms with Crippen molar-refractivity contribution in [3.63, 3.8) is 0 Å². The van der Waals surface area contributed by atoms with Gasteiger partial charge in [-0.25, -0.2) is 0 Å². The van der Waals surface area contributed by atoms with Crippen LogP contribution in [-0.2, 0) is 10.5 Å². The lowest BCUT2D eigenvalue weighted by Crippen LogP contribution is -2.05. The molecule has 0 atom stereocenters. The standard InChI is InChI=1S/C14H14N6O2S2/c1-8(21)15-10-4-3-5-11(6-10)17-13-18-19-14(24-13)23-7-12-16-9(2)22-20-12/h3-6H,7H2,1-2H3,(H,15,21)(H,17,18). The van der Waals surface area contributed by atoms with E-state index in [2.05, 4.69) is 31.0 Å². The number of aryl methyl sites for hydroxylation is 1. The normalized spacial score (nSPS) is 10.6. The van der Waals surface area contributed by atoms with Crippen LogP contribution in [0.1, 0.15) is 18.6 Å². The molecule has 0 aliphatic rings. The van der Waals surface area contributed by atoms with Gasteiger partial charge in [-0.3, -0.25) is 4.79 Å². The zero-order valence-corrected chi connectivity index (χ0v) is 14.6. The van der Waals surface area contributed by atoms with E-state index in [4.69, 9.17) is 4.52 Å². The Morgan fingerprint density at radius 3 is 2.92 bits per heavy atom. The highest BCUT2D eigenvalue weighted by Gasteiger charge is 2.09. The van der Waals surface area contributed by atoms with Crippen molar-refractivity contribution in [3.05, 3.63) is 36.0 Å². The molecule has 10 heteroatoms. The maximum Gasteiger partial charge on any atom is 0.223 e. The molecule has 0 saturated carbocycles. The molecule has 24 heavy (non-hydrogen) atoms. The minimum absolute atomic E-state index is 0.113. The molecule has 0 saturated heterocycles. The van der Waals surface area contributed by atoms with Gasteiger partial charge in [0, 0.05) is 25.2 Å². The van der Waals surface area contributed by atoms with E-state index >= 15 is 0 Å². The van der Waals surface area contributed by atoms with E-state index in [1.165, 1.54) is 30.0 Å². The summed E-state index contributed by atoms with van der Waals surface area (Å²) in [7, 11) is 0. The minimum atomic E-state index is -0.113. The van der Waals surface area contributed by atoms with Crippen molar-refractivity contribution in [2.75, 3.05) is 10.6 Å². The molecule has 3 rings (SSSR count). The number of thioether (sulfide) groups is 1. The molecule has 8 nitrogen and oxygen atoms in total. The Morgan fingerprint density at radius 2 is 2.17 bits per heavy atom. The van der Waals surface area contributed by atoms with Gasteiger partial charge in [-0.1, -0.05) is 34.3 Å². The van der Waals surface area contributed by atoms with Gasteiger partial charge in [0.15, 0.2) is 10.2 Å². The first-order valence-electron chi connectivity index (χ1n) is 6.98. The van der Waals surface area contributed by atoms with Gasteiger partial charge in [0.1, 0.15) is 0 Å². The molecule has 1 amide bonds. The molecule has 0 spiro atoms. The van der Waals surface area contributed by atoms with Crippen molar-refractivity contribution in [3.8, 4) is 0 Å². The Morgan fingerprint density at radius 1 is 1.33 bits per heavy atom. The first-order chi connectivity index (χ1) is 11.6. The molecule has 3 aromatic rings. The van der Waals surface area contributed by atoms with E-state index in [1.807, 2.05) is 24.3 Å². The fourth-order valence-electron chi connectivity index (χ4n) is 1.85. The molecular weight excluding hydrogens is 348 g/mol. The van der Waals surface area contributed by atoms with Crippen molar-refractivity contribution < 1.29 is 9.32 Å². The van der Waals surface area contributed by atoms with E-state index in [9.17, 15) is 4.79 Å².